The summed E-state index contributed by atoms with van der Waals surface area (Å²) in [6.45, 7) is 5.34. The molecule has 0 saturated carbocycles. The van der Waals surface area contributed by atoms with Gasteiger partial charge in [0.15, 0.2) is 11.6 Å². The number of aliphatic hydroxyl groups is 1. The average Bonchev–Trinajstić information content (AvgIpc) is 2.86. The summed E-state index contributed by atoms with van der Waals surface area (Å²) in [4.78, 5) is 0.680. The molecule has 0 spiro atoms. The Hall–Kier alpha value is -1.72. The Morgan fingerprint density at radius 1 is 1.40 bits per heavy atom. The van der Waals surface area contributed by atoms with Gasteiger partial charge in [-0.2, -0.15) is 4.39 Å². The number of halogens is 2. The molecule has 0 amide bonds. The Kier molecular flexibility index (Phi) is 4.52. The number of rotatable bonds is 5. The average molecular weight is 296 g/mol. The molecule has 1 aromatic heterocycles. The van der Waals surface area contributed by atoms with Crippen molar-refractivity contribution < 1.29 is 18.6 Å². The van der Waals surface area contributed by atoms with Crippen LogP contribution in [0.5, 0.6) is 5.75 Å². The van der Waals surface area contributed by atoms with E-state index < -0.39 is 17.7 Å². The lowest BCUT2D eigenvalue weighted by molar-refractivity contribution is 0.213. The van der Waals surface area contributed by atoms with Gasteiger partial charge in [0.1, 0.15) is 12.7 Å². The molecule has 106 valence electrons. The minimum absolute atomic E-state index is 0.0313. The second kappa shape index (κ2) is 6.15. The van der Waals surface area contributed by atoms with E-state index in [9.17, 15) is 13.9 Å². The van der Waals surface area contributed by atoms with Gasteiger partial charge in [-0.15, -0.1) is 11.3 Å². The smallest absolute Gasteiger partial charge is 0.201 e. The van der Waals surface area contributed by atoms with Gasteiger partial charge in [0.25, 0.3) is 0 Å². The van der Waals surface area contributed by atoms with Crippen molar-refractivity contribution in [2.24, 2.45) is 0 Å². The predicted octanol–water partition coefficient (Wildman–Crippen LogP) is 3.98. The number of benzene rings is 1. The van der Waals surface area contributed by atoms with Gasteiger partial charge in [0, 0.05) is 10.4 Å². The van der Waals surface area contributed by atoms with Crippen molar-refractivity contribution >= 4 is 11.3 Å². The molecule has 2 nitrogen and oxygen atoms in total. The zero-order valence-electron chi connectivity index (χ0n) is 10.9. The molecule has 0 radical (unpaired) electrons. The van der Waals surface area contributed by atoms with Gasteiger partial charge >= 0.3 is 0 Å². The van der Waals surface area contributed by atoms with Gasteiger partial charge < -0.3 is 9.84 Å². The van der Waals surface area contributed by atoms with Crippen LogP contribution in [0.25, 0.3) is 0 Å². The first-order valence-electron chi connectivity index (χ1n) is 6.00. The zero-order chi connectivity index (χ0) is 14.7. The Morgan fingerprint density at radius 2 is 2.15 bits per heavy atom. The van der Waals surface area contributed by atoms with E-state index in [1.807, 2.05) is 18.4 Å². The quantitative estimate of drug-likeness (QED) is 0.846. The van der Waals surface area contributed by atoms with Crippen LogP contribution in [0.4, 0.5) is 8.78 Å². The van der Waals surface area contributed by atoms with Gasteiger partial charge in [-0.1, -0.05) is 12.7 Å². The second-order valence-electron chi connectivity index (χ2n) is 4.25. The summed E-state index contributed by atoms with van der Waals surface area (Å²) in [6.07, 6.45) is 0.376. The zero-order valence-corrected chi connectivity index (χ0v) is 11.7. The predicted molar refractivity (Wildman–Crippen MR) is 75.2 cm³/mol. The number of thiophene rings is 1. The Labute approximate surface area is 120 Å². The molecular weight excluding hydrogens is 282 g/mol. The summed E-state index contributed by atoms with van der Waals surface area (Å²) in [6, 6.07) is 4.17. The van der Waals surface area contributed by atoms with Crippen LogP contribution in [0.3, 0.4) is 0 Å². The third-order valence-electron chi connectivity index (χ3n) is 2.87. The lowest BCUT2D eigenvalue weighted by Crippen LogP contribution is -2.07. The van der Waals surface area contributed by atoms with Gasteiger partial charge in [-0.25, -0.2) is 4.39 Å². The van der Waals surface area contributed by atoms with Crippen molar-refractivity contribution in [3.63, 3.8) is 0 Å². The maximum absolute atomic E-state index is 13.8. The van der Waals surface area contributed by atoms with Crippen molar-refractivity contribution in [1.29, 1.82) is 0 Å². The van der Waals surface area contributed by atoms with Gasteiger partial charge in [0.05, 0.1) is 0 Å². The van der Waals surface area contributed by atoms with Crippen LogP contribution < -0.4 is 4.74 Å². The number of ether oxygens (including phenoxy) is 1. The summed E-state index contributed by atoms with van der Waals surface area (Å²) < 4.78 is 32.3. The van der Waals surface area contributed by atoms with Crippen LogP contribution in [-0.2, 0) is 0 Å². The number of aryl methyl sites for hydroxylation is 1. The monoisotopic (exact) mass is 296 g/mol. The third kappa shape index (κ3) is 2.73. The fourth-order valence-corrected chi connectivity index (χ4v) is 2.79. The summed E-state index contributed by atoms with van der Waals surface area (Å²) in [5.41, 5.74) is 1.10. The van der Waals surface area contributed by atoms with E-state index in [1.54, 1.807) is 0 Å². The Morgan fingerprint density at radius 3 is 2.75 bits per heavy atom. The van der Waals surface area contributed by atoms with E-state index in [0.29, 0.717) is 4.88 Å². The standard InChI is InChI=1S/C15H14F2O2S/c1-3-7-19-14-10(4-5-11(16)12(14)17)13(18)15-9(2)6-8-20-15/h3-6,8,13,18H,1,7H2,2H3. The maximum atomic E-state index is 13.8. The number of hydrogen-bond acceptors (Lipinski definition) is 3. The minimum atomic E-state index is -1.10. The molecule has 20 heavy (non-hydrogen) atoms. The Bertz CT molecular complexity index is 622. The van der Waals surface area contributed by atoms with Crippen LogP contribution in [0.2, 0.25) is 0 Å². The van der Waals surface area contributed by atoms with Gasteiger partial charge in [0.2, 0.25) is 5.82 Å². The van der Waals surface area contributed by atoms with Gasteiger partial charge in [-0.05, 0) is 36.1 Å². The molecule has 1 aromatic carbocycles. The minimum Gasteiger partial charge on any atom is -0.486 e. The topological polar surface area (TPSA) is 29.5 Å². The number of aliphatic hydroxyl groups excluding tert-OH is 1. The molecule has 1 N–H and O–H groups in total. The van der Waals surface area contributed by atoms with Crippen LogP contribution in [0.15, 0.2) is 36.2 Å². The summed E-state index contributed by atoms with van der Waals surface area (Å²) >= 11 is 1.35. The first-order valence-corrected chi connectivity index (χ1v) is 6.87. The first kappa shape index (κ1) is 14.7. The van der Waals surface area contributed by atoms with Crippen molar-refractivity contribution in [2.75, 3.05) is 6.61 Å². The fourth-order valence-electron chi connectivity index (χ4n) is 1.86. The normalized spacial score (nSPS) is 12.2. The van der Waals surface area contributed by atoms with E-state index in [-0.39, 0.29) is 17.9 Å². The molecule has 2 aromatic rings. The van der Waals surface area contributed by atoms with Crippen molar-refractivity contribution in [3.8, 4) is 5.75 Å². The summed E-state index contributed by atoms with van der Waals surface area (Å²) in [7, 11) is 0. The molecule has 0 saturated heterocycles. The summed E-state index contributed by atoms with van der Waals surface area (Å²) in [5.74, 6) is -2.38. The molecule has 0 aliphatic carbocycles. The van der Waals surface area contributed by atoms with E-state index in [2.05, 4.69) is 6.58 Å². The maximum Gasteiger partial charge on any atom is 0.201 e. The van der Waals surface area contributed by atoms with E-state index >= 15 is 0 Å². The molecule has 1 unspecified atom stereocenters. The highest BCUT2D eigenvalue weighted by Gasteiger charge is 2.23. The highest BCUT2D eigenvalue weighted by atomic mass is 32.1. The molecular formula is C15H14F2O2S. The van der Waals surface area contributed by atoms with Crippen LogP contribution in [0.1, 0.15) is 22.1 Å². The lowest BCUT2D eigenvalue weighted by atomic mass is 10.0. The van der Waals surface area contributed by atoms with Crippen molar-refractivity contribution in [3.05, 3.63) is 63.9 Å². The third-order valence-corrected chi connectivity index (χ3v) is 3.94. The molecule has 1 atom stereocenters. The Balaban J connectivity index is 2.47. The van der Waals surface area contributed by atoms with E-state index in [4.69, 9.17) is 4.74 Å². The van der Waals surface area contributed by atoms with Gasteiger partial charge in [-0.3, -0.25) is 0 Å². The largest absolute Gasteiger partial charge is 0.486 e. The molecule has 5 heteroatoms. The molecule has 1 heterocycles. The van der Waals surface area contributed by atoms with Crippen LogP contribution >= 0.6 is 11.3 Å². The van der Waals surface area contributed by atoms with E-state index in [0.717, 1.165) is 11.6 Å². The van der Waals surface area contributed by atoms with Crippen LogP contribution in [-0.4, -0.2) is 11.7 Å². The number of hydrogen-bond donors (Lipinski definition) is 1. The molecule has 2 rings (SSSR count). The van der Waals surface area contributed by atoms with Crippen molar-refractivity contribution in [2.45, 2.75) is 13.0 Å². The SMILES string of the molecule is C=CCOc1c(C(O)c2sccc2C)ccc(F)c1F. The first-order chi connectivity index (χ1) is 9.56. The van der Waals surface area contributed by atoms with Crippen molar-refractivity contribution in [1.82, 2.24) is 0 Å². The molecule has 0 fully saturated rings. The highest BCUT2D eigenvalue weighted by Crippen LogP contribution is 2.36. The molecule has 0 aliphatic rings. The lowest BCUT2D eigenvalue weighted by Gasteiger charge is -2.16. The molecule has 0 aliphatic heterocycles. The fraction of sp³-hybridized carbons (Fsp3) is 0.200. The van der Waals surface area contributed by atoms with Crippen LogP contribution in [0, 0.1) is 18.6 Å². The molecule has 0 bridgehead atoms. The summed E-state index contributed by atoms with van der Waals surface area (Å²) in [5, 5.41) is 12.2. The second-order valence-corrected chi connectivity index (χ2v) is 5.20. The van der Waals surface area contributed by atoms with E-state index in [1.165, 1.54) is 23.5 Å². The highest BCUT2D eigenvalue weighted by molar-refractivity contribution is 7.10.